The van der Waals surface area contributed by atoms with E-state index in [9.17, 15) is 9.18 Å². The van der Waals surface area contributed by atoms with Crippen LogP contribution < -0.4 is 20.5 Å². The first-order valence-electron chi connectivity index (χ1n) is 8.06. The molecule has 8 heteroatoms. The number of halogens is 1. The van der Waals surface area contributed by atoms with Crippen molar-refractivity contribution in [1.82, 2.24) is 5.43 Å². The lowest BCUT2D eigenvalue weighted by Crippen LogP contribution is -2.42. The Bertz CT molecular complexity index is 744. The number of amides is 1. The molecular formula is C17H19FN4O3. The predicted molar refractivity (Wildman–Crippen MR) is 91.3 cm³/mol. The second kappa shape index (κ2) is 7.40. The summed E-state index contributed by atoms with van der Waals surface area (Å²) < 4.78 is 19.6. The first-order valence-corrected chi connectivity index (χ1v) is 8.06. The van der Waals surface area contributed by atoms with Gasteiger partial charge in [0.1, 0.15) is 5.75 Å². The molecule has 1 aromatic rings. The molecular weight excluding hydrogens is 327 g/mol. The maximum atomic E-state index is 14.3. The van der Waals surface area contributed by atoms with Crippen LogP contribution in [0.3, 0.4) is 0 Å². The van der Waals surface area contributed by atoms with Crippen molar-refractivity contribution in [3.63, 3.8) is 0 Å². The van der Waals surface area contributed by atoms with Crippen molar-refractivity contribution in [3.8, 4) is 18.1 Å². The van der Waals surface area contributed by atoms with Crippen molar-refractivity contribution < 1.29 is 19.1 Å². The van der Waals surface area contributed by atoms with Gasteiger partial charge >= 0.3 is 0 Å². The smallest absolute Gasteiger partial charge is 0.265 e. The third kappa shape index (κ3) is 3.51. The number of hydrogen-bond acceptors (Lipinski definition) is 6. The fraction of sp³-hybridized carbons (Fsp3) is 0.412. The number of hydrazine groups is 1. The van der Waals surface area contributed by atoms with Crippen LogP contribution in [0.15, 0.2) is 17.3 Å². The molecule has 1 amide bonds. The first-order chi connectivity index (χ1) is 12.1. The van der Waals surface area contributed by atoms with E-state index in [4.69, 9.17) is 16.4 Å². The Morgan fingerprint density at radius 1 is 1.48 bits per heavy atom. The van der Waals surface area contributed by atoms with Crippen LogP contribution in [0.1, 0.15) is 25.7 Å². The Hall–Kier alpha value is -2.79. The van der Waals surface area contributed by atoms with Gasteiger partial charge in [-0.25, -0.2) is 9.82 Å². The lowest BCUT2D eigenvalue weighted by atomic mass is 9.94. The number of nitrogens with one attached hydrogen (secondary N) is 2. The Balaban J connectivity index is 1.80. The number of oxime groups is 1. The van der Waals surface area contributed by atoms with Crippen LogP contribution in [-0.4, -0.2) is 36.0 Å². The van der Waals surface area contributed by atoms with Gasteiger partial charge in [-0.15, -0.1) is 6.42 Å². The van der Waals surface area contributed by atoms with Crippen molar-refractivity contribution in [2.75, 3.05) is 23.5 Å². The summed E-state index contributed by atoms with van der Waals surface area (Å²) >= 11 is 0. The first kappa shape index (κ1) is 17.0. The maximum Gasteiger partial charge on any atom is 0.265 e. The third-order valence-electron chi connectivity index (χ3n) is 4.33. The fourth-order valence-electron chi connectivity index (χ4n) is 3.02. The molecule has 2 aliphatic rings. The molecule has 0 radical (unpaired) electrons. The van der Waals surface area contributed by atoms with E-state index in [1.165, 1.54) is 17.0 Å². The van der Waals surface area contributed by atoms with E-state index in [1.54, 1.807) is 0 Å². The van der Waals surface area contributed by atoms with E-state index < -0.39 is 5.82 Å². The normalized spacial score (nSPS) is 21.4. The topological polar surface area (TPSA) is 86.2 Å². The lowest BCUT2D eigenvalue weighted by Gasteiger charge is -2.29. The van der Waals surface area contributed by atoms with Gasteiger partial charge in [-0.1, -0.05) is 17.5 Å². The van der Waals surface area contributed by atoms with Crippen molar-refractivity contribution >= 4 is 23.0 Å². The van der Waals surface area contributed by atoms with Crippen LogP contribution in [0.5, 0.6) is 5.75 Å². The second-order valence-electron chi connectivity index (χ2n) is 5.93. The Kier molecular flexibility index (Phi) is 5.05. The Morgan fingerprint density at radius 3 is 3.08 bits per heavy atom. The van der Waals surface area contributed by atoms with E-state index in [0.29, 0.717) is 17.8 Å². The molecule has 0 bridgehead atoms. The minimum atomic E-state index is -0.528. The van der Waals surface area contributed by atoms with Gasteiger partial charge in [0.15, 0.2) is 12.4 Å². The number of fused-ring (bicyclic) bond motifs is 1. The fourth-order valence-corrected chi connectivity index (χ4v) is 3.02. The van der Waals surface area contributed by atoms with Gasteiger partial charge in [0.05, 0.1) is 29.7 Å². The average Bonchev–Trinajstić information content (AvgIpc) is 2.63. The quantitative estimate of drug-likeness (QED) is 0.440. The molecule has 25 heavy (non-hydrogen) atoms. The van der Waals surface area contributed by atoms with Gasteiger partial charge in [-0.2, -0.15) is 0 Å². The highest BCUT2D eigenvalue weighted by Crippen LogP contribution is 2.36. The minimum Gasteiger partial charge on any atom is -0.481 e. The number of hydrogen-bond donors (Lipinski definition) is 3. The largest absolute Gasteiger partial charge is 0.481 e. The van der Waals surface area contributed by atoms with Gasteiger partial charge in [0.25, 0.3) is 5.91 Å². The molecule has 1 aliphatic carbocycles. The van der Waals surface area contributed by atoms with Crippen molar-refractivity contribution in [1.29, 1.82) is 0 Å². The summed E-state index contributed by atoms with van der Waals surface area (Å²) in [5.41, 5.74) is 6.99. The summed E-state index contributed by atoms with van der Waals surface area (Å²) in [4.78, 5) is 13.3. The van der Waals surface area contributed by atoms with Crippen LogP contribution >= 0.6 is 0 Å². The number of benzene rings is 1. The van der Waals surface area contributed by atoms with E-state index in [1.807, 2.05) is 0 Å². The summed E-state index contributed by atoms with van der Waals surface area (Å²) in [7, 11) is 0. The summed E-state index contributed by atoms with van der Waals surface area (Å²) in [6.45, 7) is -0.0881. The van der Waals surface area contributed by atoms with E-state index >= 15 is 0 Å². The highest BCUT2D eigenvalue weighted by Gasteiger charge is 2.27. The molecule has 1 atom stereocenters. The Labute approximate surface area is 144 Å². The monoisotopic (exact) mass is 346 g/mol. The molecule has 0 saturated heterocycles. The van der Waals surface area contributed by atoms with Crippen molar-refractivity contribution in [2.24, 2.45) is 5.16 Å². The lowest BCUT2D eigenvalue weighted by molar-refractivity contribution is -0.121. The molecule has 0 spiro atoms. The predicted octanol–water partition coefficient (Wildman–Crippen LogP) is 1.87. The molecule has 1 heterocycles. The standard InChI is InChI=1S/C17H19FN4O3/c1-2-7-22-15-9-14(11(18)8-16(15)25-10-17(22)23)20-19-12-5-3-4-6-13(12)21-24/h1,8-9,12,19-20,24H,3-7,10H2. The molecule has 3 N–H and O–H groups in total. The molecule has 1 fully saturated rings. The number of anilines is 2. The van der Waals surface area contributed by atoms with Gasteiger partial charge < -0.3 is 15.4 Å². The summed E-state index contributed by atoms with van der Waals surface area (Å²) in [6.07, 6.45) is 8.74. The summed E-state index contributed by atoms with van der Waals surface area (Å²) in [5.74, 6) is 1.88. The maximum absolute atomic E-state index is 14.3. The number of carbonyl (C=O) groups excluding carboxylic acids is 1. The molecule has 1 aliphatic heterocycles. The molecule has 1 unspecified atom stereocenters. The zero-order valence-corrected chi connectivity index (χ0v) is 13.6. The molecule has 1 saturated carbocycles. The number of rotatable bonds is 4. The highest BCUT2D eigenvalue weighted by atomic mass is 19.1. The van der Waals surface area contributed by atoms with Crippen molar-refractivity contribution in [2.45, 2.75) is 31.7 Å². The number of nitrogens with zero attached hydrogens (tertiary/aromatic N) is 2. The van der Waals surface area contributed by atoms with Gasteiger partial charge in [0, 0.05) is 6.07 Å². The molecule has 3 rings (SSSR count). The van der Waals surface area contributed by atoms with Crippen LogP contribution in [0.2, 0.25) is 0 Å². The number of terminal acetylenes is 1. The highest BCUT2D eigenvalue weighted by molar-refractivity contribution is 5.98. The van der Waals surface area contributed by atoms with Crippen LogP contribution in [-0.2, 0) is 4.79 Å². The van der Waals surface area contributed by atoms with E-state index in [0.717, 1.165) is 19.3 Å². The van der Waals surface area contributed by atoms with Crippen LogP contribution in [0.25, 0.3) is 0 Å². The third-order valence-corrected chi connectivity index (χ3v) is 4.33. The second-order valence-corrected chi connectivity index (χ2v) is 5.93. The number of carbonyl (C=O) groups is 1. The zero-order chi connectivity index (χ0) is 17.8. The van der Waals surface area contributed by atoms with Crippen LogP contribution in [0, 0.1) is 18.2 Å². The van der Waals surface area contributed by atoms with Crippen LogP contribution in [0.4, 0.5) is 15.8 Å². The van der Waals surface area contributed by atoms with Gasteiger partial charge in [-0.05, 0) is 25.3 Å². The van der Waals surface area contributed by atoms with Gasteiger partial charge in [0.2, 0.25) is 0 Å². The average molecular weight is 346 g/mol. The molecule has 1 aromatic carbocycles. The Morgan fingerprint density at radius 2 is 2.32 bits per heavy atom. The van der Waals surface area contributed by atoms with Crippen molar-refractivity contribution in [3.05, 3.63) is 17.9 Å². The van der Waals surface area contributed by atoms with Gasteiger partial charge in [-0.3, -0.25) is 9.69 Å². The molecule has 7 nitrogen and oxygen atoms in total. The molecule has 0 aromatic heterocycles. The van der Waals surface area contributed by atoms with E-state index in [2.05, 4.69) is 21.9 Å². The summed E-state index contributed by atoms with van der Waals surface area (Å²) in [6, 6.07) is 2.51. The SMILES string of the molecule is C#CCN1C(=O)COc2cc(F)c(NNC3CCCCC3=NO)cc21. The minimum absolute atomic E-state index is 0.0810. The number of ether oxygens (including phenoxy) is 1. The zero-order valence-electron chi connectivity index (χ0n) is 13.6. The van der Waals surface area contributed by atoms with E-state index in [-0.39, 0.29) is 36.5 Å². The molecule has 132 valence electrons. The summed E-state index contributed by atoms with van der Waals surface area (Å²) in [5, 5.41) is 12.4.